The van der Waals surface area contributed by atoms with Crippen LogP contribution in [0.5, 0.6) is 5.75 Å². The third-order valence-electron chi connectivity index (χ3n) is 2.49. The summed E-state index contributed by atoms with van der Waals surface area (Å²) in [6, 6.07) is 1.97. The number of carboxylic acids is 1. The fraction of sp³-hybridized carbons (Fsp3) is 0.385. The van der Waals surface area contributed by atoms with E-state index in [2.05, 4.69) is 5.32 Å². The molecule has 1 unspecified atom stereocenters. The maximum atomic E-state index is 11.4. The fourth-order valence-electron chi connectivity index (χ4n) is 1.39. The highest BCUT2D eigenvalue weighted by Gasteiger charge is 2.05. The van der Waals surface area contributed by atoms with Gasteiger partial charge in [-0.25, -0.2) is 4.79 Å². The van der Waals surface area contributed by atoms with Crippen LogP contribution in [-0.4, -0.2) is 30.8 Å². The minimum atomic E-state index is -1.08. The molecule has 0 amide bonds. The summed E-state index contributed by atoms with van der Waals surface area (Å²) in [4.78, 5) is 10.4. The van der Waals surface area contributed by atoms with Crippen molar-refractivity contribution >= 4 is 12.0 Å². The van der Waals surface area contributed by atoms with Gasteiger partial charge in [-0.15, -0.1) is 0 Å². The van der Waals surface area contributed by atoms with Crippen molar-refractivity contribution in [3.63, 3.8) is 0 Å². The van der Waals surface area contributed by atoms with Crippen LogP contribution in [0.25, 0.3) is 6.08 Å². The Morgan fingerprint density at radius 2 is 2.37 bits per heavy atom. The topological polar surface area (TPSA) is 85.5 Å². The predicted molar refractivity (Wildman–Crippen MR) is 70.7 cm³/mol. The summed E-state index contributed by atoms with van der Waals surface area (Å²) in [5.74, 6) is -0.845. The Morgan fingerprint density at radius 3 is 3.00 bits per heavy atom. The molecule has 1 aromatic heterocycles. The van der Waals surface area contributed by atoms with Crippen molar-refractivity contribution < 1.29 is 19.4 Å². The molecule has 0 radical (unpaired) electrons. The van der Waals surface area contributed by atoms with E-state index in [1.54, 1.807) is 12.1 Å². The van der Waals surface area contributed by atoms with Gasteiger partial charge in [0.25, 0.3) is 0 Å². The third-order valence-corrected chi connectivity index (χ3v) is 2.49. The number of pyridine rings is 1. The molecule has 6 nitrogen and oxygen atoms in total. The Labute approximate surface area is 111 Å². The van der Waals surface area contributed by atoms with Gasteiger partial charge in [0.15, 0.2) is 18.6 Å². The summed E-state index contributed by atoms with van der Waals surface area (Å²) in [6.07, 6.45) is 7.16. The second-order valence-corrected chi connectivity index (χ2v) is 4.18. The molecule has 0 saturated carbocycles. The smallest absolute Gasteiger partial charge is 0.341 e. The summed E-state index contributed by atoms with van der Waals surface area (Å²) in [5.41, 5.74) is 0.668. The normalized spacial score (nSPS) is 12.5. The number of hydrogen-bond donors (Lipinski definition) is 2. The Kier molecular flexibility index (Phi) is 5.81. The monoisotopic (exact) mass is 266 g/mol. The zero-order valence-corrected chi connectivity index (χ0v) is 11.0. The number of aromatic nitrogens is 1. The molecule has 0 aliphatic carbocycles. The summed E-state index contributed by atoms with van der Waals surface area (Å²) in [5, 5.41) is 23.0. The molecule has 104 valence electrons. The number of nitrogens with one attached hydrogen (secondary N) is 1. The summed E-state index contributed by atoms with van der Waals surface area (Å²) < 4.78 is 5.57. The third kappa shape index (κ3) is 5.87. The molecule has 0 aromatic carbocycles. The lowest BCUT2D eigenvalue weighted by atomic mass is 10.2. The molecule has 2 N–H and O–H groups in total. The van der Waals surface area contributed by atoms with Gasteiger partial charge in [-0.2, -0.15) is 4.73 Å². The van der Waals surface area contributed by atoms with Crippen molar-refractivity contribution in [3.05, 3.63) is 35.3 Å². The predicted octanol–water partition coefficient (Wildman–Crippen LogP) is 0.795. The van der Waals surface area contributed by atoms with Crippen LogP contribution in [0.15, 0.2) is 24.5 Å². The zero-order valence-electron chi connectivity index (χ0n) is 11.0. The van der Waals surface area contributed by atoms with Crippen LogP contribution in [0.1, 0.15) is 18.9 Å². The average molecular weight is 266 g/mol. The van der Waals surface area contributed by atoms with E-state index in [1.807, 2.05) is 20.0 Å². The molecular formula is C13H18N2O4. The first kappa shape index (κ1) is 15.0. The van der Waals surface area contributed by atoms with Crippen molar-refractivity contribution in [2.75, 3.05) is 13.7 Å². The first-order chi connectivity index (χ1) is 9.01. The van der Waals surface area contributed by atoms with Crippen LogP contribution in [0.2, 0.25) is 0 Å². The van der Waals surface area contributed by atoms with Crippen molar-refractivity contribution in [1.29, 1.82) is 0 Å². The zero-order chi connectivity index (χ0) is 14.3. The van der Waals surface area contributed by atoms with Crippen molar-refractivity contribution in [3.8, 4) is 5.75 Å². The molecule has 0 saturated heterocycles. The quantitative estimate of drug-likeness (QED) is 0.563. The van der Waals surface area contributed by atoms with Gasteiger partial charge in [0.2, 0.25) is 6.20 Å². The summed E-state index contributed by atoms with van der Waals surface area (Å²) >= 11 is 0. The molecule has 1 atom stereocenters. The summed E-state index contributed by atoms with van der Waals surface area (Å²) in [7, 11) is 1.88. The van der Waals surface area contributed by atoms with E-state index in [0.717, 1.165) is 6.42 Å². The van der Waals surface area contributed by atoms with E-state index in [9.17, 15) is 10.0 Å². The Hall–Kier alpha value is -2.08. The van der Waals surface area contributed by atoms with Crippen LogP contribution in [0.4, 0.5) is 0 Å². The molecule has 0 spiro atoms. The standard InChI is InChI=1S/C13H18N2O4/c1-10(14-2)4-3-5-11-6-12(8-15(18)7-11)19-9-13(16)17/h3,5-8,10,14H,4,9H2,1-2H3,(H,16,17)/b5-3+. The van der Waals surface area contributed by atoms with Crippen LogP contribution >= 0.6 is 0 Å². The highest BCUT2D eigenvalue weighted by Crippen LogP contribution is 2.11. The van der Waals surface area contributed by atoms with Gasteiger partial charge in [-0.05, 0) is 26.5 Å². The van der Waals surface area contributed by atoms with Gasteiger partial charge in [0, 0.05) is 11.6 Å². The van der Waals surface area contributed by atoms with Crippen LogP contribution in [-0.2, 0) is 4.79 Å². The highest BCUT2D eigenvalue weighted by atomic mass is 16.5. The molecule has 1 rings (SSSR count). The lowest BCUT2D eigenvalue weighted by Gasteiger charge is -2.06. The average Bonchev–Trinajstić information content (AvgIpc) is 2.35. The number of carboxylic acid groups (broad SMARTS) is 1. The van der Waals surface area contributed by atoms with Crippen LogP contribution in [0, 0.1) is 5.21 Å². The molecule has 6 heteroatoms. The number of hydrogen-bond acceptors (Lipinski definition) is 4. The van der Waals surface area contributed by atoms with Crippen molar-refractivity contribution in [2.45, 2.75) is 19.4 Å². The molecule has 1 aromatic rings. The number of ether oxygens (including phenoxy) is 1. The van der Waals surface area contributed by atoms with E-state index in [1.165, 1.54) is 12.4 Å². The number of carbonyl (C=O) groups is 1. The molecule has 1 heterocycles. The van der Waals surface area contributed by atoms with Gasteiger partial charge >= 0.3 is 5.97 Å². The van der Waals surface area contributed by atoms with E-state index < -0.39 is 12.6 Å². The Balaban J connectivity index is 2.70. The lowest BCUT2D eigenvalue weighted by Crippen LogP contribution is -2.25. The van der Waals surface area contributed by atoms with E-state index in [0.29, 0.717) is 16.3 Å². The van der Waals surface area contributed by atoms with E-state index in [-0.39, 0.29) is 5.75 Å². The highest BCUT2D eigenvalue weighted by molar-refractivity contribution is 5.68. The fourth-order valence-corrected chi connectivity index (χ4v) is 1.39. The van der Waals surface area contributed by atoms with Gasteiger partial charge < -0.3 is 20.4 Å². The minimum absolute atomic E-state index is 0.237. The molecule has 19 heavy (non-hydrogen) atoms. The second kappa shape index (κ2) is 7.38. The maximum Gasteiger partial charge on any atom is 0.341 e. The van der Waals surface area contributed by atoms with Crippen LogP contribution in [0.3, 0.4) is 0 Å². The molecule has 0 aliphatic rings. The van der Waals surface area contributed by atoms with Crippen molar-refractivity contribution in [1.82, 2.24) is 5.32 Å². The van der Waals surface area contributed by atoms with Crippen molar-refractivity contribution in [2.24, 2.45) is 0 Å². The SMILES string of the molecule is CNC(C)C/C=C/c1cc(OCC(=O)O)c[n+]([O-])c1. The lowest BCUT2D eigenvalue weighted by molar-refractivity contribution is -0.605. The number of aliphatic carboxylic acids is 1. The minimum Gasteiger partial charge on any atom is -0.619 e. The van der Waals surface area contributed by atoms with E-state index in [4.69, 9.17) is 9.84 Å². The van der Waals surface area contributed by atoms with Crippen LogP contribution < -0.4 is 14.8 Å². The van der Waals surface area contributed by atoms with Gasteiger partial charge in [0.1, 0.15) is 0 Å². The Bertz CT molecular complexity index is 460. The molecule has 0 bridgehead atoms. The van der Waals surface area contributed by atoms with Gasteiger partial charge in [-0.1, -0.05) is 12.2 Å². The Morgan fingerprint density at radius 1 is 1.63 bits per heavy atom. The van der Waals surface area contributed by atoms with Gasteiger partial charge in [-0.3, -0.25) is 0 Å². The van der Waals surface area contributed by atoms with E-state index >= 15 is 0 Å². The molecule has 0 aliphatic heterocycles. The number of nitrogens with zero attached hydrogens (tertiary/aromatic N) is 1. The maximum absolute atomic E-state index is 11.4. The first-order valence-corrected chi connectivity index (χ1v) is 5.93. The van der Waals surface area contributed by atoms with Gasteiger partial charge in [0.05, 0.1) is 0 Å². The molecular weight excluding hydrogens is 248 g/mol. The number of rotatable bonds is 7. The summed E-state index contributed by atoms with van der Waals surface area (Å²) in [6.45, 7) is 1.58. The first-order valence-electron chi connectivity index (χ1n) is 5.93. The molecule has 0 fully saturated rings. The second-order valence-electron chi connectivity index (χ2n) is 4.18. The largest absolute Gasteiger partial charge is 0.619 e.